The van der Waals surface area contributed by atoms with Gasteiger partial charge in [0, 0.05) is 5.56 Å². The van der Waals surface area contributed by atoms with E-state index in [1.807, 2.05) is 13.0 Å². The van der Waals surface area contributed by atoms with Crippen LogP contribution in [0.1, 0.15) is 74.2 Å². The van der Waals surface area contributed by atoms with Gasteiger partial charge in [-0.1, -0.05) is 51.9 Å². The maximum absolute atomic E-state index is 11.2. The van der Waals surface area contributed by atoms with Crippen molar-refractivity contribution < 1.29 is 9.53 Å². The molecule has 0 radical (unpaired) electrons. The van der Waals surface area contributed by atoms with Crippen molar-refractivity contribution in [2.45, 2.75) is 65.2 Å². The van der Waals surface area contributed by atoms with E-state index in [4.69, 9.17) is 16.3 Å². The summed E-state index contributed by atoms with van der Waals surface area (Å²) < 4.78 is 5.71. The third-order valence-electron chi connectivity index (χ3n) is 3.54. The molecule has 1 aromatic carbocycles. The molecule has 1 rings (SSSR count). The van der Waals surface area contributed by atoms with Crippen LogP contribution in [0.2, 0.25) is 0 Å². The smallest absolute Gasteiger partial charge is 0.252 e. The van der Waals surface area contributed by atoms with Crippen molar-refractivity contribution in [1.82, 2.24) is 0 Å². The first kappa shape index (κ1) is 18.0. The number of benzene rings is 1. The molecule has 0 aromatic heterocycles. The first-order valence-corrected chi connectivity index (χ1v) is 8.45. The summed E-state index contributed by atoms with van der Waals surface area (Å²) in [5.74, 6) is 0.738. The van der Waals surface area contributed by atoms with Crippen LogP contribution in [0.3, 0.4) is 0 Å². The van der Waals surface area contributed by atoms with Gasteiger partial charge < -0.3 is 4.74 Å². The van der Waals surface area contributed by atoms with Gasteiger partial charge in [0.1, 0.15) is 5.75 Å². The second-order valence-corrected chi connectivity index (χ2v) is 5.98. The van der Waals surface area contributed by atoms with Crippen LogP contribution in [-0.4, -0.2) is 11.8 Å². The van der Waals surface area contributed by atoms with E-state index in [0.29, 0.717) is 12.2 Å². The fourth-order valence-electron chi connectivity index (χ4n) is 2.37. The fourth-order valence-corrected chi connectivity index (χ4v) is 2.48. The van der Waals surface area contributed by atoms with Gasteiger partial charge in [-0.2, -0.15) is 0 Å². The minimum atomic E-state index is -0.435. The highest BCUT2D eigenvalue weighted by molar-refractivity contribution is 6.67. The minimum Gasteiger partial charge on any atom is -0.494 e. The highest BCUT2D eigenvalue weighted by atomic mass is 35.5. The fraction of sp³-hybridized carbons (Fsp3) is 0.611. The summed E-state index contributed by atoms with van der Waals surface area (Å²) in [4.78, 5) is 11.2. The van der Waals surface area contributed by atoms with Gasteiger partial charge in [-0.25, -0.2) is 0 Å². The van der Waals surface area contributed by atoms with Gasteiger partial charge in [-0.05, 0) is 48.7 Å². The molecule has 0 spiro atoms. The van der Waals surface area contributed by atoms with Crippen molar-refractivity contribution in [3.8, 4) is 5.75 Å². The van der Waals surface area contributed by atoms with Gasteiger partial charge >= 0.3 is 0 Å². The van der Waals surface area contributed by atoms with Crippen LogP contribution in [0.15, 0.2) is 18.2 Å². The highest BCUT2D eigenvalue weighted by Gasteiger charge is 2.05. The van der Waals surface area contributed by atoms with Gasteiger partial charge in [0.05, 0.1) is 6.61 Å². The molecule has 21 heavy (non-hydrogen) atoms. The summed E-state index contributed by atoms with van der Waals surface area (Å²) in [5, 5.41) is -0.435. The Labute approximate surface area is 133 Å². The van der Waals surface area contributed by atoms with Crippen molar-refractivity contribution in [3.05, 3.63) is 29.3 Å². The van der Waals surface area contributed by atoms with E-state index >= 15 is 0 Å². The zero-order valence-electron chi connectivity index (χ0n) is 13.3. The number of rotatable bonds is 11. The Morgan fingerprint density at radius 2 is 1.62 bits per heavy atom. The lowest BCUT2D eigenvalue weighted by molar-refractivity contribution is 0.108. The lowest BCUT2D eigenvalue weighted by Crippen LogP contribution is -1.99. The zero-order chi connectivity index (χ0) is 15.5. The molecule has 1 aromatic rings. The molecule has 0 atom stereocenters. The lowest BCUT2D eigenvalue weighted by atomic mass is 10.1. The van der Waals surface area contributed by atoms with Crippen molar-refractivity contribution in [3.63, 3.8) is 0 Å². The number of halogens is 1. The third kappa shape index (κ3) is 8.11. The van der Waals surface area contributed by atoms with E-state index < -0.39 is 5.24 Å². The molecule has 3 heteroatoms. The van der Waals surface area contributed by atoms with Crippen molar-refractivity contribution in [2.75, 3.05) is 6.61 Å². The molecule has 0 aliphatic carbocycles. The van der Waals surface area contributed by atoms with Crippen molar-refractivity contribution in [1.29, 1.82) is 0 Å². The molecule has 0 N–H and O–H groups in total. The molecular weight excluding hydrogens is 284 g/mol. The molecule has 0 bridgehead atoms. The molecule has 0 heterocycles. The number of hydrogen-bond acceptors (Lipinski definition) is 2. The molecule has 0 saturated carbocycles. The van der Waals surface area contributed by atoms with Gasteiger partial charge in [-0.15, -0.1) is 0 Å². The number of hydrogen-bond donors (Lipinski definition) is 0. The Morgan fingerprint density at radius 1 is 1.00 bits per heavy atom. The SMILES string of the molecule is CCCCCCCCCCOc1cc(C)cc(C(=O)Cl)c1. The largest absolute Gasteiger partial charge is 0.494 e. The molecule has 0 fully saturated rings. The number of aryl methyl sites for hydroxylation is 1. The average Bonchev–Trinajstić information content (AvgIpc) is 2.45. The number of carbonyl (C=O) groups is 1. The predicted octanol–water partition coefficient (Wildman–Crippen LogP) is 5.89. The first-order valence-electron chi connectivity index (χ1n) is 8.08. The van der Waals surface area contributed by atoms with Gasteiger partial charge in [0.15, 0.2) is 0 Å². The number of ether oxygens (including phenoxy) is 1. The second-order valence-electron chi connectivity index (χ2n) is 5.63. The van der Waals surface area contributed by atoms with Crippen LogP contribution in [0, 0.1) is 6.92 Å². The quantitative estimate of drug-likeness (QED) is 0.376. The molecule has 2 nitrogen and oxygen atoms in total. The number of unbranched alkanes of at least 4 members (excludes halogenated alkanes) is 7. The Bertz CT molecular complexity index is 429. The molecule has 0 amide bonds. The van der Waals surface area contributed by atoms with Crippen LogP contribution >= 0.6 is 11.6 Å². The van der Waals surface area contributed by atoms with Crippen LogP contribution in [0.4, 0.5) is 0 Å². The van der Waals surface area contributed by atoms with Gasteiger partial charge in [0.2, 0.25) is 0 Å². The average molecular weight is 311 g/mol. The Kier molecular flexibility index (Phi) is 9.16. The summed E-state index contributed by atoms with van der Waals surface area (Å²) in [7, 11) is 0. The summed E-state index contributed by atoms with van der Waals surface area (Å²) in [6.45, 7) is 4.88. The maximum Gasteiger partial charge on any atom is 0.252 e. The van der Waals surface area contributed by atoms with E-state index in [1.54, 1.807) is 12.1 Å². The lowest BCUT2D eigenvalue weighted by Gasteiger charge is -2.08. The molecule has 118 valence electrons. The summed E-state index contributed by atoms with van der Waals surface area (Å²) >= 11 is 5.51. The van der Waals surface area contributed by atoms with E-state index in [9.17, 15) is 4.79 Å². The second kappa shape index (κ2) is 10.7. The van der Waals surface area contributed by atoms with E-state index in [2.05, 4.69) is 6.92 Å². The van der Waals surface area contributed by atoms with E-state index in [1.165, 1.54) is 44.9 Å². The Balaban J connectivity index is 2.17. The van der Waals surface area contributed by atoms with Crippen LogP contribution in [0.5, 0.6) is 5.75 Å². The molecule has 0 aliphatic heterocycles. The normalized spacial score (nSPS) is 10.6. The Morgan fingerprint density at radius 3 is 2.24 bits per heavy atom. The molecular formula is C18H27ClO2. The molecule has 0 saturated heterocycles. The van der Waals surface area contributed by atoms with Crippen LogP contribution in [0.25, 0.3) is 0 Å². The van der Waals surface area contributed by atoms with Gasteiger partial charge in [-0.3, -0.25) is 4.79 Å². The van der Waals surface area contributed by atoms with E-state index in [-0.39, 0.29) is 0 Å². The highest BCUT2D eigenvalue weighted by Crippen LogP contribution is 2.19. The zero-order valence-corrected chi connectivity index (χ0v) is 14.0. The Hall–Kier alpha value is -1.02. The monoisotopic (exact) mass is 310 g/mol. The predicted molar refractivity (Wildman–Crippen MR) is 89.5 cm³/mol. The van der Waals surface area contributed by atoms with Crippen LogP contribution in [-0.2, 0) is 0 Å². The first-order chi connectivity index (χ1) is 10.1. The summed E-state index contributed by atoms with van der Waals surface area (Å²) in [5.41, 5.74) is 1.50. The topological polar surface area (TPSA) is 26.3 Å². The molecule has 0 unspecified atom stereocenters. The van der Waals surface area contributed by atoms with E-state index in [0.717, 1.165) is 17.7 Å². The third-order valence-corrected chi connectivity index (χ3v) is 3.76. The van der Waals surface area contributed by atoms with Crippen molar-refractivity contribution in [2.24, 2.45) is 0 Å². The maximum atomic E-state index is 11.2. The minimum absolute atomic E-state index is 0.435. The summed E-state index contributed by atoms with van der Waals surface area (Å²) in [6, 6.07) is 5.43. The summed E-state index contributed by atoms with van der Waals surface area (Å²) in [6.07, 6.45) is 10.3. The number of carbonyl (C=O) groups excluding carboxylic acids is 1. The van der Waals surface area contributed by atoms with Gasteiger partial charge in [0.25, 0.3) is 5.24 Å². The standard InChI is InChI=1S/C18H27ClO2/c1-3-4-5-6-7-8-9-10-11-21-17-13-15(2)12-16(14-17)18(19)20/h12-14H,3-11H2,1-2H3. The van der Waals surface area contributed by atoms with Crippen LogP contribution < -0.4 is 4.74 Å². The van der Waals surface area contributed by atoms with Crippen molar-refractivity contribution >= 4 is 16.8 Å². The molecule has 0 aliphatic rings.